The zero-order chi connectivity index (χ0) is 14.3. The van der Waals surface area contributed by atoms with Gasteiger partial charge in [-0.1, -0.05) is 6.07 Å². The van der Waals surface area contributed by atoms with E-state index in [0.29, 0.717) is 6.04 Å². The molecule has 3 rings (SSSR count). The number of rotatable bonds is 3. The van der Waals surface area contributed by atoms with E-state index in [0.717, 1.165) is 12.1 Å². The maximum absolute atomic E-state index is 3.48. The highest BCUT2D eigenvalue weighted by atomic mass is 15.2. The van der Waals surface area contributed by atoms with Crippen LogP contribution in [0.5, 0.6) is 0 Å². The fraction of sp³-hybridized carbons (Fsp3) is 0.647. The van der Waals surface area contributed by atoms with Gasteiger partial charge in [-0.15, -0.1) is 0 Å². The maximum Gasteiger partial charge on any atom is 0.0411 e. The summed E-state index contributed by atoms with van der Waals surface area (Å²) < 4.78 is 0. The highest BCUT2D eigenvalue weighted by Crippen LogP contribution is 2.40. The molecule has 3 heteroatoms. The Balaban J connectivity index is 1.89. The number of piperidine rings is 1. The molecule has 2 atom stereocenters. The number of hydrogen-bond acceptors (Lipinski definition) is 3. The Kier molecular flexibility index (Phi) is 3.63. The van der Waals surface area contributed by atoms with Crippen molar-refractivity contribution in [1.29, 1.82) is 0 Å². The summed E-state index contributed by atoms with van der Waals surface area (Å²) in [6.45, 7) is 2.20. The zero-order valence-electron chi connectivity index (χ0n) is 13.2. The lowest BCUT2D eigenvalue weighted by atomic mass is 9.96. The Morgan fingerprint density at radius 2 is 1.80 bits per heavy atom. The van der Waals surface area contributed by atoms with Crippen molar-refractivity contribution in [3.8, 4) is 0 Å². The van der Waals surface area contributed by atoms with Gasteiger partial charge in [0.15, 0.2) is 0 Å². The molecule has 2 aliphatic rings. The number of aryl methyl sites for hydroxylation is 1. The van der Waals surface area contributed by atoms with Crippen LogP contribution in [-0.4, -0.2) is 39.3 Å². The highest BCUT2D eigenvalue weighted by Gasteiger charge is 2.40. The molecule has 20 heavy (non-hydrogen) atoms. The van der Waals surface area contributed by atoms with E-state index in [-0.39, 0.29) is 0 Å². The predicted molar refractivity (Wildman–Crippen MR) is 86.9 cm³/mol. The van der Waals surface area contributed by atoms with Gasteiger partial charge >= 0.3 is 0 Å². The van der Waals surface area contributed by atoms with E-state index in [1.54, 1.807) is 0 Å². The van der Waals surface area contributed by atoms with Crippen LogP contribution in [0.25, 0.3) is 0 Å². The van der Waals surface area contributed by atoms with Gasteiger partial charge < -0.3 is 15.1 Å². The van der Waals surface area contributed by atoms with Gasteiger partial charge in [-0.2, -0.15) is 0 Å². The van der Waals surface area contributed by atoms with Crippen LogP contribution in [0.3, 0.4) is 0 Å². The van der Waals surface area contributed by atoms with Crippen molar-refractivity contribution in [2.24, 2.45) is 0 Å². The topological polar surface area (TPSA) is 18.5 Å². The average molecular weight is 273 g/mol. The van der Waals surface area contributed by atoms with E-state index in [1.165, 1.54) is 42.6 Å². The highest BCUT2D eigenvalue weighted by molar-refractivity contribution is 5.64. The molecule has 1 aromatic rings. The van der Waals surface area contributed by atoms with Crippen LogP contribution in [0.15, 0.2) is 18.2 Å². The third kappa shape index (κ3) is 2.28. The lowest BCUT2D eigenvalue weighted by Crippen LogP contribution is -2.48. The van der Waals surface area contributed by atoms with Gasteiger partial charge in [0, 0.05) is 43.6 Å². The predicted octanol–water partition coefficient (Wildman–Crippen LogP) is 2.78. The van der Waals surface area contributed by atoms with E-state index < -0.39 is 0 Å². The van der Waals surface area contributed by atoms with Crippen LogP contribution < -0.4 is 15.1 Å². The van der Waals surface area contributed by atoms with Crippen LogP contribution >= 0.6 is 0 Å². The Hall–Kier alpha value is -1.22. The molecule has 2 heterocycles. The van der Waals surface area contributed by atoms with Gasteiger partial charge in [0.1, 0.15) is 0 Å². The maximum atomic E-state index is 3.48. The van der Waals surface area contributed by atoms with Crippen LogP contribution in [-0.2, 0) is 0 Å². The fourth-order valence-electron chi connectivity index (χ4n) is 4.07. The molecule has 2 saturated heterocycles. The second-order valence-corrected chi connectivity index (χ2v) is 6.61. The molecule has 2 bridgehead atoms. The molecule has 110 valence electrons. The standard InChI is InChI=1S/C17H27N3/c1-12-5-6-16(11-17(12)19(3)4)20-14-7-8-15(20)10-13(9-14)18-2/h5-6,11,13-15,18H,7-10H2,1-4H3. The van der Waals surface area contributed by atoms with Crippen LogP contribution in [0.4, 0.5) is 11.4 Å². The molecular formula is C17H27N3. The summed E-state index contributed by atoms with van der Waals surface area (Å²) in [7, 11) is 6.37. The minimum Gasteiger partial charge on any atom is -0.377 e. The van der Waals surface area contributed by atoms with E-state index in [2.05, 4.69) is 61.4 Å². The second-order valence-electron chi connectivity index (χ2n) is 6.61. The van der Waals surface area contributed by atoms with E-state index in [9.17, 15) is 0 Å². The largest absolute Gasteiger partial charge is 0.377 e. The Labute approximate surface area is 123 Å². The number of fused-ring (bicyclic) bond motifs is 2. The summed E-state index contributed by atoms with van der Waals surface area (Å²) in [6, 6.07) is 9.12. The molecule has 3 nitrogen and oxygen atoms in total. The van der Waals surface area contributed by atoms with E-state index in [4.69, 9.17) is 0 Å². The average Bonchev–Trinajstić information content (AvgIpc) is 2.69. The molecule has 0 amide bonds. The molecular weight excluding hydrogens is 246 g/mol. The monoisotopic (exact) mass is 273 g/mol. The molecule has 1 aromatic carbocycles. The summed E-state index contributed by atoms with van der Waals surface area (Å²) in [5, 5.41) is 3.48. The number of hydrogen-bond donors (Lipinski definition) is 1. The molecule has 0 radical (unpaired) electrons. The van der Waals surface area contributed by atoms with Crippen LogP contribution in [0.2, 0.25) is 0 Å². The summed E-state index contributed by atoms with van der Waals surface area (Å²) in [6.07, 6.45) is 5.29. The minimum absolute atomic E-state index is 0.711. The molecule has 0 aliphatic carbocycles. The van der Waals surface area contributed by atoms with Gasteiger partial charge in [0.05, 0.1) is 0 Å². The van der Waals surface area contributed by atoms with Crippen LogP contribution in [0.1, 0.15) is 31.2 Å². The van der Waals surface area contributed by atoms with Crippen molar-refractivity contribution >= 4 is 11.4 Å². The normalized spacial score (nSPS) is 28.8. The molecule has 2 fully saturated rings. The summed E-state index contributed by atoms with van der Waals surface area (Å²) in [5.74, 6) is 0. The molecule has 0 saturated carbocycles. The lowest BCUT2D eigenvalue weighted by Gasteiger charge is -2.41. The molecule has 1 N–H and O–H groups in total. The van der Waals surface area contributed by atoms with Crippen molar-refractivity contribution in [2.45, 2.75) is 50.7 Å². The molecule has 2 unspecified atom stereocenters. The van der Waals surface area contributed by atoms with Crippen molar-refractivity contribution in [2.75, 3.05) is 30.9 Å². The Morgan fingerprint density at radius 1 is 1.15 bits per heavy atom. The summed E-state index contributed by atoms with van der Waals surface area (Å²) in [5.41, 5.74) is 4.12. The molecule has 2 aliphatic heterocycles. The fourth-order valence-corrected chi connectivity index (χ4v) is 4.07. The zero-order valence-corrected chi connectivity index (χ0v) is 13.2. The van der Waals surface area contributed by atoms with Gasteiger partial charge in [0.25, 0.3) is 0 Å². The van der Waals surface area contributed by atoms with Gasteiger partial charge in [0.2, 0.25) is 0 Å². The molecule has 0 spiro atoms. The van der Waals surface area contributed by atoms with Gasteiger partial charge in [-0.3, -0.25) is 0 Å². The minimum atomic E-state index is 0.711. The Bertz CT molecular complexity index is 469. The Morgan fingerprint density at radius 3 is 2.35 bits per heavy atom. The summed E-state index contributed by atoms with van der Waals surface area (Å²) >= 11 is 0. The number of benzene rings is 1. The van der Waals surface area contributed by atoms with E-state index >= 15 is 0 Å². The third-order valence-electron chi connectivity index (χ3n) is 5.11. The van der Waals surface area contributed by atoms with Crippen molar-refractivity contribution < 1.29 is 0 Å². The smallest absolute Gasteiger partial charge is 0.0411 e. The van der Waals surface area contributed by atoms with Crippen molar-refractivity contribution in [3.05, 3.63) is 23.8 Å². The summed E-state index contributed by atoms with van der Waals surface area (Å²) in [4.78, 5) is 4.92. The number of nitrogens with one attached hydrogen (secondary N) is 1. The van der Waals surface area contributed by atoms with Crippen LogP contribution in [0, 0.1) is 6.92 Å². The second kappa shape index (κ2) is 5.28. The number of nitrogens with zero attached hydrogens (tertiary/aromatic N) is 2. The molecule has 0 aromatic heterocycles. The third-order valence-corrected chi connectivity index (χ3v) is 5.11. The van der Waals surface area contributed by atoms with Gasteiger partial charge in [-0.25, -0.2) is 0 Å². The quantitative estimate of drug-likeness (QED) is 0.913. The lowest BCUT2D eigenvalue weighted by molar-refractivity contribution is 0.374. The first-order chi connectivity index (χ1) is 9.60. The van der Waals surface area contributed by atoms with E-state index in [1.807, 2.05) is 0 Å². The first-order valence-electron chi connectivity index (χ1n) is 7.83. The van der Waals surface area contributed by atoms with Crippen molar-refractivity contribution in [1.82, 2.24) is 5.32 Å². The first kappa shape index (κ1) is 13.7. The first-order valence-corrected chi connectivity index (χ1v) is 7.83. The SMILES string of the molecule is CNC1CC2CCC(C1)N2c1ccc(C)c(N(C)C)c1. The van der Waals surface area contributed by atoms with Crippen molar-refractivity contribution in [3.63, 3.8) is 0 Å². The number of anilines is 2. The van der Waals surface area contributed by atoms with Gasteiger partial charge in [-0.05, 0) is 57.4 Å².